The highest BCUT2D eigenvalue weighted by atomic mass is 32.2. The van der Waals surface area contributed by atoms with Crippen LogP contribution in [0.15, 0.2) is 4.42 Å². The van der Waals surface area contributed by atoms with Crippen molar-refractivity contribution in [1.82, 2.24) is 10.2 Å². The van der Waals surface area contributed by atoms with E-state index in [1.54, 1.807) is 0 Å². The smallest absolute Gasteiger partial charge is 0.226 e. The van der Waals surface area contributed by atoms with E-state index in [-0.39, 0.29) is 0 Å². The Labute approximate surface area is 102 Å². The van der Waals surface area contributed by atoms with E-state index in [9.17, 15) is 0 Å². The molecule has 4 heteroatoms. The highest BCUT2D eigenvalue weighted by Crippen LogP contribution is 2.37. The standard InChI is InChI=1S/C12H22N2OS/c1-5-10-13-14-11(15-10)9-16-12(6-2,7-3)8-4/h5-9H2,1-4H3. The number of aromatic nitrogens is 2. The molecule has 0 spiro atoms. The minimum atomic E-state index is 0.376. The summed E-state index contributed by atoms with van der Waals surface area (Å²) in [5.74, 6) is 2.34. The van der Waals surface area contributed by atoms with Crippen LogP contribution in [-0.4, -0.2) is 14.9 Å². The summed E-state index contributed by atoms with van der Waals surface area (Å²) in [6, 6.07) is 0. The molecular formula is C12H22N2OS. The summed E-state index contributed by atoms with van der Waals surface area (Å²) in [7, 11) is 0. The fourth-order valence-corrected chi connectivity index (χ4v) is 2.92. The fraction of sp³-hybridized carbons (Fsp3) is 0.833. The molecule has 0 aliphatic rings. The van der Waals surface area contributed by atoms with Gasteiger partial charge in [-0.25, -0.2) is 0 Å². The molecule has 0 saturated carbocycles. The van der Waals surface area contributed by atoms with Gasteiger partial charge in [-0.05, 0) is 19.3 Å². The summed E-state index contributed by atoms with van der Waals surface area (Å²) in [6.45, 7) is 8.79. The van der Waals surface area contributed by atoms with Gasteiger partial charge in [0.2, 0.25) is 11.8 Å². The molecule has 16 heavy (non-hydrogen) atoms. The molecule has 0 unspecified atom stereocenters. The van der Waals surface area contributed by atoms with Crippen LogP contribution in [0.2, 0.25) is 0 Å². The Morgan fingerprint density at radius 1 is 1.00 bits per heavy atom. The SMILES string of the molecule is CCc1nnc(CSC(CC)(CC)CC)o1. The maximum absolute atomic E-state index is 5.52. The highest BCUT2D eigenvalue weighted by molar-refractivity contribution is 7.99. The van der Waals surface area contributed by atoms with Gasteiger partial charge in [-0.1, -0.05) is 27.7 Å². The van der Waals surface area contributed by atoms with Crippen LogP contribution in [0.5, 0.6) is 0 Å². The van der Waals surface area contributed by atoms with E-state index < -0.39 is 0 Å². The number of nitrogens with zero attached hydrogens (tertiary/aromatic N) is 2. The molecule has 1 heterocycles. The molecule has 0 fully saturated rings. The third kappa shape index (κ3) is 3.24. The van der Waals surface area contributed by atoms with E-state index in [1.165, 1.54) is 19.3 Å². The summed E-state index contributed by atoms with van der Waals surface area (Å²) < 4.78 is 5.89. The first-order valence-corrected chi connectivity index (χ1v) is 7.13. The van der Waals surface area contributed by atoms with Crippen LogP contribution >= 0.6 is 11.8 Å². The van der Waals surface area contributed by atoms with Gasteiger partial charge in [0.05, 0.1) is 5.75 Å². The lowest BCUT2D eigenvalue weighted by Gasteiger charge is -2.29. The van der Waals surface area contributed by atoms with Gasteiger partial charge >= 0.3 is 0 Å². The van der Waals surface area contributed by atoms with Crippen molar-refractivity contribution in [3.8, 4) is 0 Å². The van der Waals surface area contributed by atoms with Gasteiger partial charge in [0.25, 0.3) is 0 Å². The zero-order valence-electron chi connectivity index (χ0n) is 10.7. The zero-order chi connectivity index (χ0) is 12.0. The molecule has 0 amide bonds. The maximum Gasteiger partial charge on any atom is 0.226 e. The molecule has 1 aromatic rings. The van der Waals surface area contributed by atoms with Gasteiger partial charge in [0.15, 0.2) is 0 Å². The first-order chi connectivity index (χ1) is 7.69. The normalized spacial score (nSPS) is 12.0. The van der Waals surface area contributed by atoms with Crippen LogP contribution in [0.4, 0.5) is 0 Å². The van der Waals surface area contributed by atoms with E-state index in [0.717, 1.165) is 24.0 Å². The monoisotopic (exact) mass is 242 g/mol. The Bertz CT molecular complexity index is 299. The van der Waals surface area contributed by atoms with Gasteiger partial charge < -0.3 is 4.42 Å². The molecule has 1 rings (SSSR count). The molecule has 0 aromatic carbocycles. The van der Waals surface area contributed by atoms with Gasteiger partial charge in [0, 0.05) is 11.2 Å². The molecule has 92 valence electrons. The second-order valence-corrected chi connectivity index (χ2v) is 5.42. The summed E-state index contributed by atoms with van der Waals surface area (Å²) in [5, 5.41) is 8.04. The van der Waals surface area contributed by atoms with Crippen LogP contribution in [0, 0.1) is 0 Å². The number of rotatable bonds is 7. The molecular weight excluding hydrogens is 220 g/mol. The van der Waals surface area contributed by atoms with Crippen LogP contribution in [-0.2, 0) is 12.2 Å². The van der Waals surface area contributed by atoms with E-state index in [1.807, 2.05) is 18.7 Å². The lowest BCUT2D eigenvalue weighted by Crippen LogP contribution is -2.21. The van der Waals surface area contributed by atoms with Gasteiger partial charge in [-0.15, -0.1) is 22.0 Å². The fourth-order valence-electron chi connectivity index (χ4n) is 1.76. The quantitative estimate of drug-likeness (QED) is 0.728. The van der Waals surface area contributed by atoms with Crippen molar-refractivity contribution in [3.63, 3.8) is 0 Å². The highest BCUT2D eigenvalue weighted by Gasteiger charge is 2.25. The van der Waals surface area contributed by atoms with Gasteiger partial charge in [-0.3, -0.25) is 0 Å². The lowest BCUT2D eigenvalue weighted by molar-refractivity contribution is 0.467. The molecule has 3 nitrogen and oxygen atoms in total. The Hall–Kier alpha value is -0.510. The topological polar surface area (TPSA) is 38.9 Å². The molecule has 0 N–H and O–H groups in total. The maximum atomic E-state index is 5.52. The van der Waals surface area contributed by atoms with Crippen molar-refractivity contribution in [3.05, 3.63) is 11.8 Å². The second kappa shape index (κ2) is 6.28. The van der Waals surface area contributed by atoms with E-state index in [0.29, 0.717) is 4.75 Å². The predicted octanol–water partition coefficient (Wildman–Crippen LogP) is 3.83. The summed E-state index contributed by atoms with van der Waals surface area (Å²) in [4.78, 5) is 0. The van der Waals surface area contributed by atoms with Gasteiger partial charge in [0.1, 0.15) is 0 Å². The molecule has 0 aliphatic heterocycles. The molecule has 0 bridgehead atoms. The van der Waals surface area contributed by atoms with E-state index in [2.05, 4.69) is 31.0 Å². The number of aryl methyl sites for hydroxylation is 1. The van der Waals surface area contributed by atoms with Crippen LogP contribution < -0.4 is 0 Å². The average molecular weight is 242 g/mol. The molecule has 0 atom stereocenters. The van der Waals surface area contributed by atoms with Crippen LogP contribution in [0.3, 0.4) is 0 Å². The zero-order valence-corrected chi connectivity index (χ0v) is 11.6. The van der Waals surface area contributed by atoms with E-state index >= 15 is 0 Å². The van der Waals surface area contributed by atoms with Crippen LogP contribution in [0.1, 0.15) is 58.7 Å². The molecule has 0 saturated heterocycles. The Kier molecular flexibility index (Phi) is 5.32. The largest absolute Gasteiger partial charge is 0.424 e. The van der Waals surface area contributed by atoms with Crippen molar-refractivity contribution >= 4 is 11.8 Å². The number of thioether (sulfide) groups is 1. The van der Waals surface area contributed by atoms with Crippen molar-refractivity contribution in [2.45, 2.75) is 63.9 Å². The minimum absolute atomic E-state index is 0.376. The van der Waals surface area contributed by atoms with Crippen LogP contribution in [0.25, 0.3) is 0 Å². The van der Waals surface area contributed by atoms with Crippen molar-refractivity contribution in [2.75, 3.05) is 0 Å². The molecule has 1 aromatic heterocycles. The first-order valence-electron chi connectivity index (χ1n) is 6.14. The van der Waals surface area contributed by atoms with Gasteiger partial charge in [-0.2, -0.15) is 0 Å². The van der Waals surface area contributed by atoms with Crippen molar-refractivity contribution in [1.29, 1.82) is 0 Å². The summed E-state index contributed by atoms with van der Waals surface area (Å²) in [5.41, 5.74) is 0. The minimum Gasteiger partial charge on any atom is -0.424 e. The Morgan fingerprint density at radius 2 is 1.56 bits per heavy atom. The summed E-state index contributed by atoms with van der Waals surface area (Å²) in [6.07, 6.45) is 4.40. The Morgan fingerprint density at radius 3 is 2.00 bits per heavy atom. The number of hydrogen-bond acceptors (Lipinski definition) is 4. The van der Waals surface area contributed by atoms with Crippen molar-refractivity contribution < 1.29 is 4.42 Å². The Balaban J connectivity index is 2.55. The summed E-state index contributed by atoms with van der Waals surface area (Å²) >= 11 is 1.95. The van der Waals surface area contributed by atoms with Crippen molar-refractivity contribution in [2.24, 2.45) is 0 Å². The third-order valence-electron chi connectivity index (χ3n) is 3.25. The van der Waals surface area contributed by atoms with E-state index in [4.69, 9.17) is 4.42 Å². The first kappa shape index (κ1) is 13.6. The lowest BCUT2D eigenvalue weighted by atomic mass is 9.99. The second-order valence-electron chi connectivity index (χ2n) is 3.98. The third-order valence-corrected chi connectivity index (χ3v) is 5.12. The molecule has 0 aliphatic carbocycles. The molecule has 0 radical (unpaired) electrons. The number of hydrogen-bond donors (Lipinski definition) is 0. The predicted molar refractivity (Wildman–Crippen MR) is 68.6 cm³/mol. The average Bonchev–Trinajstić information content (AvgIpc) is 2.80.